The molecule has 14 heteroatoms. The number of carboxylic acids is 1. The van der Waals surface area contributed by atoms with Crippen LogP contribution < -0.4 is 10.6 Å². The fourth-order valence-electron chi connectivity index (χ4n) is 6.19. The number of nitrogens with one attached hydrogen (secondary N) is 2. The summed E-state index contributed by atoms with van der Waals surface area (Å²) in [5.74, 6) is -3.14. The Morgan fingerprint density at radius 3 is 2.35 bits per heavy atom. The first-order chi connectivity index (χ1) is 24.9. The van der Waals surface area contributed by atoms with Crippen molar-refractivity contribution in [3.63, 3.8) is 0 Å². The number of benzene rings is 4. The summed E-state index contributed by atoms with van der Waals surface area (Å²) in [7, 11) is 3.86. The predicted octanol–water partition coefficient (Wildman–Crippen LogP) is 5.40. The molecule has 3 N–H and O–H groups in total. The minimum Gasteiger partial charge on any atom is -0.478 e. The molecule has 6 rings (SSSR count). The fraction of sp³-hybridized carbons (Fsp3) is 0.211. The van der Waals surface area contributed by atoms with Crippen LogP contribution in [0.4, 0.5) is 10.1 Å². The second-order valence-corrected chi connectivity index (χ2v) is 12.9. The first-order valence-electron chi connectivity index (χ1n) is 16.4. The molecule has 2 heterocycles. The van der Waals surface area contributed by atoms with Gasteiger partial charge in [0.05, 0.1) is 16.3 Å². The summed E-state index contributed by atoms with van der Waals surface area (Å²) in [5.41, 5.74) is 4.18. The van der Waals surface area contributed by atoms with Gasteiger partial charge in [0.25, 0.3) is 17.7 Å². The number of likely N-dealkylation sites (N-methyl/N-ethyl adjacent to an activating group) is 1. The van der Waals surface area contributed by atoms with E-state index in [4.69, 9.17) is 11.6 Å². The molecule has 0 saturated carbocycles. The summed E-state index contributed by atoms with van der Waals surface area (Å²) >= 11 is 6.00. The lowest BCUT2D eigenvalue weighted by atomic mass is 9.85. The smallest absolute Gasteiger partial charge is 0.335 e. The molecule has 0 radical (unpaired) electrons. The number of aromatic nitrogens is 3. The van der Waals surface area contributed by atoms with Gasteiger partial charge in [0.2, 0.25) is 0 Å². The molecule has 52 heavy (non-hydrogen) atoms. The van der Waals surface area contributed by atoms with Crippen molar-refractivity contribution >= 4 is 41.0 Å². The first-order valence-corrected chi connectivity index (χ1v) is 16.8. The van der Waals surface area contributed by atoms with Crippen LogP contribution in [0.25, 0.3) is 16.8 Å². The highest BCUT2D eigenvalue weighted by molar-refractivity contribution is 6.30. The minimum absolute atomic E-state index is 0.0151. The molecule has 1 aliphatic rings. The lowest BCUT2D eigenvalue weighted by Gasteiger charge is -2.37. The number of hydrogen-bond acceptors (Lipinski definition) is 7. The van der Waals surface area contributed by atoms with Crippen molar-refractivity contribution in [3.05, 3.63) is 129 Å². The maximum absolute atomic E-state index is 14.9. The average Bonchev–Trinajstić information content (AvgIpc) is 3.52. The average molecular weight is 724 g/mol. The maximum atomic E-state index is 14.9. The molecule has 266 valence electrons. The Morgan fingerprint density at radius 2 is 1.65 bits per heavy atom. The molecule has 0 bridgehead atoms. The molecule has 0 fully saturated rings. The van der Waals surface area contributed by atoms with Gasteiger partial charge in [0.1, 0.15) is 11.7 Å². The zero-order valence-corrected chi connectivity index (χ0v) is 29.3. The highest BCUT2D eigenvalue weighted by Crippen LogP contribution is 2.38. The van der Waals surface area contributed by atoms with Crippen LogP contribution in [0.1, 0.15) is 54.1 Å². The number of rotatable bonds is 10. The van der Waals surface area contributed by atoms with Crippen LogP contribution >= 0.6 is 11.6 Å². The van der Waals surface area contributed by atoms with Crippen LogP contribution in [-0.2, 0) is 11.2 Å². The Bertz CT molecular complexity index is 2170. The normalized spacial score (nSPS) is 13.8. The summed E-state index contributed by atoms with van der Waals surface area (Å²) in [4.78, 5) is 56.0. The summed E-state index contributed by atoms with van der Waals surface area (Å²) in [6.07, 6.45) is 0.386. The van der Waals surface area contributed by atoms with Gasteiger partial charge in [-0.05, 0) is 98.2 Å². The fourth-order valence-corrected chi connectivity index (χ4v) is 6.36. The van der Waals surface area contributed by atoms with Gasteiger partial charge in [-0.15, -0.1) is 5.10 Å². The Hall–Kier alpha value is -5.92. The van der Waals surface area contributed by atoms with Crippen molar-refractivity contribution < 1.29 is 28.7 Å². The monoisotopic (exact) mass is 723 g/mol. The summed E-state index contributed by atoms with van der Waals surface area (Å²) in [5, 5.41) is 23.1. The number of carbonyl (C=O) groups is 4. The quantitative estimate of drug-likeness (QED) is 0.173. The summed E-state index contributed by atoms with van der Waals surface area (Å²) in [6.45, 7) is 2.92. The molecule has 0 aliphatic carbocycles. The first kappa shape index (κ1) is 35.9. The van der Waals surface area contributed by atoms with E-state index in [1.54, 1.807) is 37.3 Å². The van der Waals surface area contributed by atoms with Gasteiger partial charge < -0.3 is 25.5 Å². The third-order valence-electron chi connectivity index (χ3n) is 8.89. The molecule has 12 nitrogen and oxygen atoms in total. The molecular formula is C38H35ClFN7O5. The van der Waals surface area contributed by atoms with E-state index in [1.165, 1.54) is 46.0 Å². The number of carboxylic acid groups (broad SMARTS) is 1. The Balaban J connectivity index is 1.35. The molecule has 0 spiro atoms. The zero-order valence-electron chi connectivity index (χ0n) is 28.6. The zero-order chi connectivity index (χ0) is 37.1. The van der Waals surface area contributed by atoms with Crippen molar-refractivity contribution in [1.82, 2.24) is 30.1 Å². The predicted molar refractivity (Wildman–Crippen MR) is 193 cm³/mol. The van der Waals surface area contributed by atoms with Crippen LogP contribution in [0.2, 0.25) is 5.02 Å². The molecular weight excluding hydrogens is 689 g/mol. The van der Waals surface area contributed by atoms with Crippen LogP contribution in [0, 0.1) is 12.7 Å². The number of aromatic carboxylic acids is 1. The molecule has 1 unspecified atom stereocenters. The van der Waals surface area contributed by atoms with Crippen molar-refractivity contribution in [2.75, 3.05) is 39.0 Å². The summed E-state index contributed by atoms with van der Waals surface area (Å²) in [6, 6.07) is 21.7. The number of amides is 3. The van der Waals surface area contributed by atoms with Crippen molar-refractivity contribution in [2.45, 2.75) is 19.4 Å². The molecule has 1 aromatic heterocycles. The van der Waals surface area contributed by atoms with Gasteiger partial charge in [-0.2, -0.15) is 0 Å². The van der Waals surface area contributed by atoms with Gasteiger partial charge in [0, 0.05) is 30.9 Å². The van der Waals surface area contributed by atoms with E-state index in [2.05, 4.69) is 20.9 Å². The summed E-state index contributed by atoms with van der Waals surface area (Å²) < 4.78 is 16.1. The van der Waals surface area contributed by atoms with Crippen LogP contribution in [0.3, 0.4) is 0 Å². The van der Waals surface area contributed by atoms with Crippen LogP contribution in [0.5, 0.6) is 0 Å². The van der Waals surface area contributed by atoms with E-state index in [9.17, 15) is 28.7 Å². The third kappa shape index (κ3) is 7.27. The van der Waals surface area contributed by atoms with E-state index in [0.29, 0.717) is 36.3 Å². The van der Waals surface area contributed by atoms with E-state index < -0.39 is 29.6 Å². The Kier molecular flexibility index (Phi) is 10.4. The molecule has 5 aromatic rings. The molecule has 1 atom stereocenters. The van der Waals surface area contributed by atoms with E-state index >= 15 is 0 Å². The Labute approximate surface area is 303 Å². The molecule has 3 amide bonds. The van der Waals surface area contributed by atoms with Crippen LogP contribution in [0.15, 0.2) is 84.9 Å². The minimum atomic E-state index is -1.13. The lowest BCUT2D eigenvalue weighted by Crippen LogP contribution is -2.45. The Morgan fingerprint density at radius 1 is 0.962 bits per heavy atom. The third-order valence-corrected chi connectivity index (χ3v) is 9.18. The van der Waals surface area contributed by atoms with Gasteiger partial charge in [-0.3, -0.25) is 14.4 Å². The van der Waals surface area contributed by atoms with E-state index in [-0.39, 0.29) is 40.1 Å². The van der Waals surface area contributed by atoms with Gasteiger partial charge in [-0.25, -0.2) is 13.9 Å². The van der Waals surface area contributed by atoms with Gasteiger partial charge in [0.15, 0.2) is 11.5 Å². The lowest BCUT2D eigenvalue weighted by molar-refractivity contribution is -0.121. The second-order valence-electron chi connectivity index (χ2n) is 12.5. The van der Waals surface area contributed by atoms with Crippen molar-refractivity contribution in [2.24, 2.45) is 0 Å². The number of fused-ring (bicyclic) bond motifs is 1. The van der Waals surface area contributed by atoms with Gasteiger partial charge >= 0.3 is 5.97 Å². The maximum Gasteiger partial charge on any atom is 0.335 e. The number of nitrogens with zero attached hydrogens (tertiary/aromatic N) is 5. The van der Waals surface area contributed by atoms with Crippen molar-refractivity contribution in [3.8, 4) is 16.8 Å². The molecule has 0 saturated heterocycles. The van der Waals surface area contributed by atoms with Crippen LogP contribution in [-0.4, -0.2) is 87.3 Å². The highest BCUT2D eigenvalue weighted by atomic mass is 35.5. The van der Waals surface area contributed by atoms with Crippen molar-refractivity contribution in [1.29, 1.82) is 0 Å². The van der Waals surface area contributed by atoms with E-state index in [0.717, 1.165) is 16.7 Å². The number of hydrogen-bond donors (Lipinski definition) is 3. The molecule has 4 aromatic carbocycles. The number of carbonyl (C=O) groups excluding carboxylic acids is 3. The largest absolute Gasteiger partial charge is 0.478 e. The second kappa shape index (κ2) is 15.1. The number of anilines is 1. The van der Waals surface area contributed by atoms with Gasteiger partial charge in [-0.1, -0.05) is 53.2 Å². The SMILES string of the molecule is Cc1c(C(=O)N2CCc3c(-c4ccc(C(=O)NCCN(C)C)cc4)cccc3C2C(=O)Nc2ccc(C(=O)O)cc2)nnn1-c1cccc(Cl)c1F. The molecule has 1 aliphatic heterocycles. The topological polar surface area (TPSA) is 150 Å². The van der Waals surface area contributed by atoms with E-state index in [1.807, 2.05) is 37.2 Å². The number of halogens is 2. The standard InChI is InChI=1S/C38H35ClFN7O5/c1-22-33(43-44-47(22)31-9-5-8-30(39)32(31)40)37(50)46-20-18-28-27(23-10-12-24(13-11-23)35(48)41-19-21-45(2)3)6-4-7-29(28)34(46)36(49)42-26-16-14-25(15-17-26)38(51)52/h4-17,34H,18-21H2,1-3H3,(H,41,48)(H,42,49)(H,51,52). The highest BCUT2D eigenvalue weighted by Gasteiger charge is 2.39.